The molecule has 1 aliphatic rings. The Balaban J connectivity index is 2.14. The van der Waals surface area contributed by atoms with E-state index in [0.29, 0.717) is 0 Å². The first-order valence-electron chi connectivity index (χ1n) is 5.61. The monoisotopic (exact) mass is 189 g/mol. The summed E-state index contributed by atoms with van der Waals surface area (Å²) in [5.74, 6) is 1.64. The van der Waals surface area contributed by atoms with Gasteiger partial charge in [-0.05, 0) is 42.4 Å². The lowest BCUT2D eigenvalue weighted by atomic mass is 9.79. The molecule has 0 radical (unpaired) electrons. The van der Waals surface area contributed by atoms with Gasteiger partial charge in [-0.2, -0.15) is 0 Å². The van der Waals surface area contributed by atoms with Crippen LogP contribution in [-0.2, 0) is 0 Å². The van der Waals surface area contributed by atoms with Crippen molar-refractivity contribution in [2.45, 2.75) is 38.5 Å². The van der Waals surface area contributed by atoms with Crippen molar-refractivity contribution in [1.82, 2.24) is 0 Å². The van der Waals surface area contributed by atoms with Gasteiger partial charge >= 0.3 is 0 Å². The zero-order valence-electron chi connectivity index (χ0n) is 8.87. The molecule has 0 heterocycles. The van der Waals surface area contributed by atoms with Gasteiger partial charge in [-0.25, -0.2) is 0 Å². The van der Waals surface area contributed by atoms with Gasteiger partial charge in [0.1, 0.15) is 0 Å². The SMILES string of the molecule is C[C@H]1CCC[C@H](c2cccc(N)c2)C1. The molecule has 1 heteroatoms. The molecule has 76 valence electrons. The maximum absolute atomic E-state index is 5.80. The number of hydrogen-bond acceptors (Lipinski definition) is 1. The van der Waals surface area contributed by atoms with Crippen molar-refractivity contribution < 1.29 is 0 Å². The lowest BCUT2D eigenvalue weighted by molar-refractivity contribution is 0.344. The molecular formula is C13H19N. The highest BCUT2D eigenvalue weighted by Gasteiger charge is 2.20. The van der Waals surface area contributed by atoms with Crippen molar-refractivity contribution >= 4 is 5.69 Å². The number of hydrogen-bond donors (Lipinski definition) is 1. The Morgan fingerprint density at radius 1 is 1.29 bits per heavy atom. The second kappa shape index (κ2) is 4.04. The number of nitrogen functional groups attached to an aromatic ring is 1. The molecule has 14 heavy (non-hydrogen) atoms. The molecule has 1 aromatic rings. The predicted molar refractivity (Wildman–Crippen MR) is 61.2 cm³/mol. The molecule has 0 saturated heterocycles. The lowest BCUT2D eigenvalue weighted by Crippen LogP contribution is -2.11. The fraction of sp³-hybridized carbons (Fsp3) is 0.538. The molecule has 0 aromatic heterocycles. The third-order valence-electron chi connectivity index (χ3n) is 3.32. The Morgan fingerprint density at radius 2 is 2.14 bits per heavy atom. The van der Waals surface area contributed by atoms with Crippen LogP contribution in [-0.4, -0.2) is 0 Å². The molecule has 0 unspecified atom stereocenters. The maximum Gasteiger partial charge on any atom is 0.0316 e. The molecule has 2 rings (SSSR count). The Morgan fingerprint density at radius 3 is 2.86 bits per heavy atom. The minimum absolute atomic E-state index is 0.752. The summed E-state index contributed by atoms with van der Waals surface area (Å²) in [5, 5.41) is 0. The van der Waals surface area contributed by atoms with Crippen LogP contribution in [0.25, 0.3) is 0 Å². The number of nitrogens with two attached hydrogens (primary N) is 1. The third kappa shape index (κ3) is 2.09. The first-order chi connectivity index (χ1) is 6.75. The zero-order valence-corrected chi connectivity index (χ0v) is 8.87. The van der Waals surface area contributed by atoms with E-state index >= 15 is 0 Å². The van der Waals surface area contributed by atoms with Gasteiger partial charge in [0.2, 0.25) is 0 Å². The van der Waals surface area contributed by atoms with Crippen LogP contribution in [0.3, 0.4) is 0 Å². The van der Waals surface area contributed by atoms with Crippen LogP contribution in [0, 0.1) is 5.92 Å². The number of rotatable bonds is 1. The van der Waals surface area contributed by atoms with Crippen molar-refractivity contribution in [2.75, 3.05) is 5.73 Å². The summed E-state index contributed by atoms with van der Waals surface area (Å²) in [4.78, 5) is 0. The van der Waals surface area contributed by atoms with Gasteiger partial charge in [0.05, 0.1) is 0 Å². The lowest BCUT2D eigenvalue weighted by Gasteiger charge is -2.27. The van der Waals surface area contributed by atoms with Gasteiger partial charge in [0.15, 0.2) is 0 Å². The van der Waals surface area contributed by atoms with Gasteiger partial charge in [-0.3, -0.25) is 0 Å². The smallest absolute Gasteiger partial charge is 0.0316 e. The van der Waals surface area contributed by atoms with Crippen LogP contribution in [0.5, 0.6) is 0 Å². The molecule has 1 saturated carbocycles. The molecular weight excluding hydrogens is 170 g/mol. The first kappa shape index (κ1) is 9.57. The number of anilines is 1. The van der Waals surface area contributed by atoms with Gasteiger partial charge in [-0.15, -0.1) is 0 Å². The normalized spacial score (nSPS) is 27.5. The molecule has 0 amide bonds. The highest BCUT2D eigenvalue weighted by atomic mass is 14.5. The summed E-state index contributed by atoms with van der Waals surface area (Å²) in [6.45, 7) is 2.36. The average molecular weight is 189 g/mol. The summed E-state index contributed by atoms with van der Waals surface area (Å²) in [7, 11) is 0. The molecule has 0 aliphatic heterocycles. The standard InChI is InChI=1S/C13H19N/c1-10-4-2-5-11(8-10)12-6-3-7-13(14)9-12/h3,6-7,9-11H,2,4-5,8,14H2,1H3/t10-,11-/m0/s1. The van der Waals surface area contributed by atoms with E-state index in [2.05, 4.69) is 25.1 Å². The van der Waals surface area contributed by atoms with Crippen LogP contribution >= 0.6 is 0 Å². The molecule has 2 atom stereocenters. The van der Waals surface area contributed by atoms with E-state index in [4.69, 9.17) is 5.73 Å². The van der Waals surface area contributed by atoms with Crippen molar-refractivity contribution in [2.24, 2.45) is 5.92 Å². The van der Waals surface area contributed by atoms with Crippen LogP contribution in [0.2, 0.25) is 0 Å². The minimum Gasteiger partial charge on any atom is -0.399 e. The third-order valence-corrected chi connectivity index (χ3v) is 3.32. The van der Waals surface area contributed by atoms with Crippen molar-refractivity contribution in [3.63, 3.8) is 0 Å². The Labute approximate surface area is 86.3 Å². The van der Waals surface area contributed by atoms with E-state index in [1.807, 2.05) is 6.07 Å². The Bertz CT molecular complexity index is 306. The Kier molecular flexibility index (Phi) is 2.76. The van der Waals surface area contributed by atoms with Gasteiger partial charge in [0, 0.05) is 5.69 Å². The fourth-order valence-corrected chi connectivity index (χ4v) is 2.55. The van der Waals surface area contributed by atoms with Crippen LogP contribution in [0.4, 0.5) is 5.69 Å². The van der Waals surface area contributed by atoms with Crippen LogP contribution in [0.1, 0.15) is 44.1 Å². The van der Waals surface area contributed by atoms with Crippen LogP contribution in [0.15, 0.2) is 24.3 Å². The van der Waals surface area contributed by atoms with Crippen molar-refractivity contribution in [3.8, 4) is 0 Å². The highest BCUT2D eigenvalue weighted by Crippen LogP contribution is 2.36. The van der Waals surface area contributed by atoms with Crippen molar-refractivity contribution in [3.05, 3.63) is 29.8 Å². The maximum atomic E-state index is 5.80. The topological polar surface area (TPSA) is 26.0 Å². The molecule has 2 N–H and O–H groups in total. The summed E-state index contributed by atoms with van der Waals surface area (Å²) in [6, 6.07) is 8.40. The largest absolute Gasteiger partial charge is 0.399 e. The Hall–Kier alpha value is -0.980. The quantitative estimate of drug-likeness (QED) is 0.672. The van der Waals surface area contributed by atoms with E-state index in [9.17, 15) is 0 Å². The molecule has 1 aliphatic carbocycles. The van der Waals surface area contributed by atoms with Crippen LogP contribution < -0.4 is 5.73 Å². The fourth-order valence-electron chi connectivity index (χ4n) is 2.55. The second-order valence-corrected chi connectivity index (χ2v) is 4.64. The zero-order chi connectivity index (χ0) is 9.97. The minimum atomic E-state index is 0.752. The van der Waals surface area contributed by atoms with Gasteiger partial charge < -0.3 is 5.73 Å². The predicted octanol–water partition coefficient (Wildman–Crippen LogP) is 3.56. The first-order valence-corrected chi connectivity index (χ1v) is 5.61. The molecule has 0 bridgehead atoms. The second-order valence-electron chi connectivity index (χ2n) is 4.64. The summed E-state index contributed by atoms with van der Waals surface area (Å²) in [6.07, 6.45) is 5.46. The average Bonchev–Trinajstić information content (AvgIpc) is 2.18. The summed E-state index contributed by atoms with van der Waals surface area (Å²) < 4.78 is 0. The van der Waals surface area contributed by atoms with E-state index < -0.39 is 0 Å². The van der Waals surface area contributed by atoms with E-state index in [0.717, 1.165) is 17.5 Å². The molecule has 0 spiro atoms. The van der Waals surface area contributed by atoms with E-state index in [1.165, 1.54) is 31.2 Å². The van der Waals surface area contributed by atoms with E-state index in [1.54, 1.807) is 0 Å². The van der Waals surface area contributed by atoms with E-state index in [-0.39, 0.29) is 0 Å². The summed E-state index contributed by atoms with van der Waals surface area (Å²) >= 11 is 0. The molecule has 1 nitrogen and oxygen atoms in total. The summed E-state index contributed by atoms with van der Waals surface area (Å²) in [5.41, 5.74) is 8.14. The number of benzene rings is 1. The molecule has 1 aromatic carbocycles. The van der Waals surface area contributed by atoms with Gasteiger partial charge in [0.25, 0.3) is 0 Å². The van der Waals surface area contributed by atoms with Gasteiger partial charge in [-0.1, -0.05) is 31.9 Å². The molecule has 1 fully saturated rings. The highest BCUT2D eigenvalue weighted by molar-refractivity contribution is 5.41. The van der Waals surface area contributed by atoms with Crippen molar-refractivity contribution in [1.29, 1.82) is 0 Å².